The lowest BCUT2D eigenvalue weighted by atomic mass is 9.82. The normalized spacial score (nSPS) is 13.2. The third-order valence-corrected chi connectivity index (χ3v) is 11.5. The summed E-state index contributed by atoms with van der Waals surface area (Å²) in [5.74, 6) is 0.714. The highest BCUT2D eigenvalue weighted by Crippen LogP contribution is 2.49. The van der Waals surface area contributed by atoms with Gasteiger partial charge in [-0.1, -0.05) is 141 Å². The molecule has 0 N–H and O–H groups in total. The Balaban J connectivity index is 1.12. The van der Waals surface area contributed by atoms with Crippen LogP contribution in [0.15, 0.2) is 152 Å². The van der Waals surface area contributed by atoms with Crippen molar-refractivity contribution in [2.24, 2.45) is 0 Å². The van der Waals surface area contributed by atoms with E-state index in [-0.39, 0.29) is 5.41 Å². The fourth-order valence-electron chi connectivity index (χ4n) is 7.76. The highest BCUT2D eigenvalue weighted by atomic mass is 32.1. The molecule has 3 heterocycles. The van der Waals surface area contributed by atoms with Gasteiger partial charge in [0.2, 0.25) is 0 Å². The lowest BCUT2D eigenvalue weighted by Gasteiger charge is -2.21. The summed E-state index contributed by atoms with van der Waals surface area (Å²) in [5.41, 5.74) is 13.3. The van der Waals surface area contributed by atoms with Crippen LogP contribution in [0.2, 0.25) is 0 Å². The molecule has 0 unspecified atom stereocenters. The highest BCUT2D eigenvalue weighted by molar-refractivity contribution is 7.26. The molecule has 4 heteroatoms. The van der Waals surface area contributed by atoms with Crippen LogP contribution < -0.4 is 0 Å². The van der Waals surface area contributed by atoms with Gasteiger partial charge in [0.25, 0.3) is 0 Å². The Morgan fingerprint density at radius 2 is 1.12 bits per heavy atom. The van der Waals surface area contributed by atoms with Crippen molar-refractivity contribution in [2.75, 3.05) is 0 Å². The van der Waals surface area contributed by atoms with E-state index in [1.165, 1.54) is 47.8 Å². The van der Waals surface area contributed by atoms with Crippen LogP contribution in [0.3, 0.4) is 0 Å². The van der Waals surface area contributed by atoms with E-state index in [4.69, 9.17) is 15.0 Å². The number of benzene rings is 6. The molecule has 10 rings (SSSR count). The predicted molar refractivity (Wildman–Crippen MR) is 210 cm³/mol. The van der Waals surface area contributed by atoms with Crippen molar-refractivity contribution in [1.82, 2.24) is 15.0 Å². The highest BCUT2D eigenvalue weighted by Gasteiger charge is 2.35. The van der Waals surface area contributed by atoms with Gasteiger partial charge in [-0.3, -0.25) is 0 Å². The summed E-state index contributed by atoms with van der Waals surface area (Å²) in [4.78, 5) is 15.5. The number of fused-ring (bicyclic) bond motifs is 8. The lowest BCUT2D eigenvalue weighted by molar-refractivity contribution is 0.660. The largest absolute Gasteiger partial charge is 0.247 e. The van der Waals surface area contributed by atoms with Crippen molar-refractivity contribution < 1.29 is 0 Å². The molecular formula is C46H31N3S. The molecule has 0 radical (unpaired) electrons. The van der Waals surface area contributed by atoms with Crippen molar-refractivity contribution in [3.63, 3.8) is 0 Å². The van der Waals surface area contributed by atoms with Gasteiger partial charge in [-0.15, -0.1) is 11.3 Å². The Morgan fingerprint density at radius 1 is 0.480 bits per heavy atom. The predicted octanol–water partition coefficient (Wildman–Crippen LogP) is 12.4. The molecule has 0 atom stereocenters. The van der Waals surface area contributed by atoms with Crippen LogP contribution >= 0.6 is 11.3 Å². The summed E-state index contributed by atoms with van der Waals surface area (Å²) in [6.45, 7) is 4.63. The van der Waals surface area contributed by atoms with Crippen LogP contribution in [0.4, 0.5) is 0 Å². The average Bonchev–Trinajstić information content (AvgIpc) is 3.68. The number of hydrogen-bond acceptors (Lipinski definition) is 4. The summed E-state index contributed by atoms with van der Waals surface area (Å²) in [7, 11) is 0. The van der Waals surface area contributed by atoms with Gasteiger partial charge in [-0.2, -0.15) is 0 Å². The van der Waals surface area contributed by atoms with Gasteiger partial charge in [0.15, 0.2) is 5.82 Å². The molecule has 3 aromatic heterocycles. The van der Waals surface area contributed by atoms with Crippen molar-refractivity contribution in [3.8, 4) is 56.3 Å². The fraction of sp³-hybridized carbons (Fsp3) is 0.0652. The standard InChI is InChI=1S/C46H31N3S/c1-46(2)36-17-9-6-14-32(36)35-26-31(24-25-37(35)46)40-27-39(48-45(49-40)30-12-4-3-5-13-30)28-20-22-29(23-21-28)43-42-34-16-8-11-19-41(34)50-44(42)33-15-7-10-18-38(33)47-43/h3-27H,1-2H3. The van der Waals surface area contributed by atoms with Gasteiger partial charge in [0.05, 0.1) is 22.6 Å². The van der Waals surface area contributed by atoms with Crippen LogP contribution in [0.1, 0.15) is 25.0 Å². The summed E-state index contributed by atoms with van der Waals surface area (Å²) >= 11 is 1.85. The Morgan fingerprint density at radius 3 is 1.96 bits per heavy atom. The monoisotopic (exact) mass is 657 g/mol. The maximum absolute atomic E-state index is 5.24. The van der Waals surface area contributed by atoms with Crippen molar-refractivity contribution in [2.45, 2.75) is 19.3 Å². The minimum atomic E-state index is -0.0426. The van der Waals surface area contributed by atoms with E-state index in [0.29, 0.717) is 5.82 Å². The molecule has 9 aromatic rings. The molecule has 0 spiro atoms. The summed E-state index contributed by atoms with van der Waals surface area (Å²) in [5, 5.41) is 3.66. The van der Waals surface area contributed by atoms with Crippen LogP contribution in [-0.2, 0) is 5.41 Å². The van der Waals surface area contributed by atoms with Crippen LogP contribution in [0.25, 0.3) is 87.4 Å². The smallest absolute Gasteiger partial charge is 0.160 e. The van der Waals surface area contributed by atoms with Crippen LogP contribution in [0, 0.1) is 0 Å². The average molecular weight is 658 g/mol. The molecular weight excluding hydrogens is 627 g/mol. The Hall–Kier alpha value is -5.97. The summed E-state index contributed by atoms with van der Waals surface area (Å²) in [6.07, 6.45) is 0. The molecule has 0 amide bonds. The topological polar surface area (TPSA) is 38.7 Å². The number of rotatable bonds is 4. The first kappa shape index (κ1) is 29.0. The Bertz CT molecular complexity index is 2780. The van der Waals surface area contributed by atoms with E-state index < -0.39 is 0 Å². The molecule has 236 valence electrons. The Kier molecular flexibility index (Phi) is 6.39. The minimum absolute atomic E-state index is 0.0426. The zero-order valence-corrected chi connectivity index (χ0v) is 28.5. The maximum atomic E-state index is 5.24. The minimum Gasteiger partial charge on any atom is -0.247 e. The van der Waals surface area contributed by atoms with E-state index in [0.717, 1.165) is 44.9 Å². The third-order valence-electron chi connectivity index (χ3n) is 10.3. The zero-order valence-electron chi connectivity index (χ0n) is 27.7. The number of hydrogen-bond donors (Lipinski definition) is 0. The molecule has 1 aliphatic carbocycles. The van der Waals surface area contributed by atoms with Gasteiger partial charge in [-0.05, 0) is 46.5 Å². The second-order valence-electron chi connectivity index (χ2n) is 13.6. The summed E-state index contributed by atoms with van der Waals surface area (Å²) in [6, 6.07) is 53.9. The van der Waals surface area contributed by atoms with Gasteiger partial charge >= 0.3 is 0 Å². The van der Waals surface area contributed by atoms with Gasteiger partial charge < -0.3 is 0 Å². The van der Waals surface area contributed by atoms with Gasteiger partial charge in [0, 0.05) is 53.2 Å². The van der Waals surface area contributed by atoms with Crippen molar-refractivity contribution >= 4 is 42.4 Å². The fourth-order valence-corrected chi connectivity index (χ4v) is 8.99. The second-order valence-corrected chi connectivity index (χ2v) is 14.7. The molecule has 0 saturated heterocycles. The summed E-state index contributed by atoms with van der Waals surface area (Å²) < 4.78 is 2.56. The Labute approximate surface area is 294 Å². The van der Waals surface area contributed by atoms with E-state index in [1.54, 1.807) is 0 Å². The number of para-hydroxylation sites is 1. The number of nitrogens with zero attached hydrogens (tertiary/aromatic N) is 3. The molecule has 6 aromatic carbocycles. The van der Waals surface area contributed by atoms with Crippen LogP contribution in [-0.4, -0.2) is 15.0 Å². The molecule has 0 bridgehead atoms. The van der Waals surface area contributed by atoms with Crippen LogP contribution in [0.5, 0.6) is 0 Å². The second kappa shape index (κ2) is 11.0. The molecule has 3 nitrogen and oxygen atoms in total. The molecule has 0 fully saturated rings. The first-order chi connectivity index (χ1) is 24.5. The van der Waals surface area contributed by atoms with Gasteiger partial charge in [0.1, 0.15) is 0 Å². The zero-order chi connectivity index (χ0) is 33.4. The molecule has 0 aliphatic heterocycles. The first-order valence-electron chi connectivity index (χ1n) is 17.0. The molecule has 50 heavy (non-hydrogen) atoms. The molecule has 0 saturated carbocycles. The lowest BCUT2D eigenvalue weighted by Crippen LogP contribution is -2.14. The number of pyridine rings is 1. The maximum Gasteiger partial charge on any atom is 0.160 e. The van der Waals surface area contributed by atoms with Gasteiger partial charge in [-0.25, -0.2) is 15.0 Å². The van der Waals surface area contributed by atoms with E-state index in [1.807, 2.05) is 29.5 Å². The first-order valence-corrected chi connectivity index (χ1v) is 17.8. The van der Waals surface area contributed by atoms with E-state index in [2.05, 4.69) is 147 Å². The third kappa shape index (κ3) is 4.45. The van der Waals surface area contributed by atoms with Crippen molar-refractivity contribution in [3.05, 3.63) is 163 Å². The number of aromatic nitrogens is 3. The van der Waals surface area contributed by atoms with E-state index >= 15 is 0 Å². The van der Waals surface area contributed by atoms with E-state index in [9.17, 15) is 0 Å². The quantitative estimate of drug-likeness (QED) is 0.189. The number of thiophene rings is 1. The molecule has 1 aliphatic rings. The SMILES string of the molecule is CC1(C)c2ccccc2-c2cc(-c3cc(-c4ccc(-c5nc6ccccc6c6sc7ccccc7c56)cc4)nc(-c4ccccc4)n3)ccc21. The van der Waals surface area contributed by atoms with Crippen molar-refractivity contribution in [1.29, 1.82) is 0 Å².